The molecule has 3 aromatic rings. The van der Waals surface area contributed by atoms with Crippen molar-refractivity contribution in [3.05, 3.63) is 29.8 Å². The van der Waals surface area contributed by atoms with Gasteiger partial charge in [0, 0.05) is 19.7 Å². The van der Waals surface area contributed by atoms with Crippen molar-refractivity contribution in [2.75, 3.05) is 18.9 Å². The number of benzene rings is 1. The van der Waals surface area contributed by atoms with E-state index in [0.717, 1.165) is 36.9 Å². The lowest BCUT2D eigenvalue weighted by molar-refractivity contribution is 0.0859. The molecule has 0 saturated carbocycles. The van der Waals surface area contributed by atoms with Crippen LogP contribution in [0.15, 0.2) is 24.3 Å². The van der Waals surface area contributed by atoms with Gasteiger partial charge in [-0.15, -0.1) is 0 Å². The highest BCUT2D eigenvalue weighted by Gasteiger charge is 2.25. The summed E-state index contributed by atoms with van der Waals surface area (Å²) in [5.41, 5.74) is 9.63. The molecule has 4 rings (SSSR count). The van der Waals surface area contributed by atoms with Crippen molar-refractivity contribution < 1.29 is 9.53 Å². The Hall–Kier alpha value is -2.67. The summed E-state index contributed by atoms with van der Waals surface area (Å²) in [5.74, 6) is 0.726. The number of carbonyl (C=O) groups excluding carboxylic acids is 1. The first-order valence-corrected chi connectivity index (χ1v) is 9.99. The molecule has 0 spiro atoms. The number of nitrogens with one attached hydrogen (secondary N) is 1. The lowest BCUT2D eigenvalue weighted by atomic mass is 10.1. The van der Waals surface area contributed by atoms with Gasteiger partial charge in [-0.1, -0.05) is 26.0 Å². The SMILES string of the molecule is CC(C)CCn1c(N)c(C(=O)NC[C@@H]2CCCO2)c2nc3ccccc3nc21. The van der Waals surface area contributed by atoms with Crippen LogP contribution in [0.25, 0.3) is 22.2 Å². The van der Waals surface area contributed by atoms with Crippen molar-refractivity contribution in [1.82, 2.24) is 19.9 Å². The molecule has 2 aromatic heterocycles. The van der Waals surface area contributed by atoms with Crippen LogP contribution >= 0.6 is 0 Å². The predicted octanol–water partition coefficient (Wildman–Crippen LogP) is 3.12. The highest BCUT2D eigenvalue weighted by atomic mass is 16.5. The molecule has 0 bridgehead atoms. The quantitative estimate of drug-likeness (QED) is 0.684. The molecule has 148 valence electrons. The van der Waals surface area contributed by atoms with Gasteiger partial charge in [0.15, 0.2) is 5.65 Å². The Kier molecular flexibility index (Phi) is 5.17. The van der Waals surface area contributed by atoms with Crippen molar-refractivity contribution >= 4 is 33.9 Å². The summed E-state index contributed by atoms with van der Waals surface area (Å²) in [6, 6.07) is 7.67. The molecule has 1 aliphatic heterocycles. The van der Waals surface area contributed by atoms with Gasteiger partial charge in [-0.2, -0.15) is 0 Å². The number of ether oxygens (including phenoxy) is 1. The Bertz CT molecular complexity index is 1000. The maximum Gasteiger partial charge on any atom is 0.257 e. The molecule has 0 unspecified atom stereocenters. The lowest BCUT2D eigenvalue weighted by Gasteiger charge is -2.11. The summed E-state index contributed by atoms with van der Waals surface area (Å²) in [6.07, 6.45) is 3.02. The topological polar surface area (TPSA) is 95.1 Å². The van der Waals surface area contributed by atoms with Crippen LogP contribution in [-0.4, -0.2) is 39.7 Å². The van der Waals surface area contributed by atoms with Crippen LogP contribution in [0, 0.1) is 5.92 Å². The van der Waals surface area contributed by atoms with E-state index in [1.807, 2.05) is 28.8 Å². The van der Waals surface area contributed by atoms with Gasteiger partial charge in [0.05, 0.1) is 17.1 Å². The maximum atomic E-state index is 13.0. The Morgan fingerprint density at radius 2 is 2.07 bits per heavy atom. The van der Waals surface area contributed by atoms with E-state index >= 15 is 0 Å². The molecule has 3 heterocycles. The van der Waals surface area contributed by atoms with Crippen LogP contribution in [0.5, 0.6) is 0 Å². The molecule has 1 aliphatic rings. The number of amides is 1. The highest BCUT2D eigenvalue weighted by Crippen LogP contribution is 2.28. The molecule has 28 heavy (non-hydrogen) atoms. The predicted molar refractivity (Wildman–Crippen MR) is 110 cm³/mol. The monoisotopic (exact) mass is 381 g/mol. The van der Waals surface area contributed by atoms with E-state index in [-0.39, 0.29) is 12.0 Å². The third-order valence-corrected chi connectivity index (χ3v) is 5.26. The van der Waals surface area contributed by atoms with E-state index in [4.69, 9.17) is 20.4 Å². The number of para-hydroxylation sites is 2. The Morgan fingerprint density at radius 3 is 2.75 bits per heavy atom. The number of carbonyl (C=O) groups is 1. The van der Waals surface area contributed by atoms with Gasteiger partial charge < -0.3 is 20.4 Å². The second-order valence-corrected chi connectivity index (χ2v) is 7.82. The average molecular weight is 381 g/mol. The molecule has 1 amide bonds. The largest absolute Gasteiger partial charge is 0.384 e. The number of nitrogen functional groups attached to an aromatic ring is 1. The normalized spacial score (nSPS) is 17.0. The van der Waals surface area contributed by atoms with Gasteiger partial charge in [-0.25, -0.2) is 9.97 Å². The van der Waals surface area contributed by atoms with Gasteiger partial charge in [-0.05, 0) is 37.3 Å². The van der Waals surface area contributed by atoms with Gasteiger partial charge in [-0.3, -0.25) is 4.79 Å². The number of aromatic nitrogens is 3. The second kappa shape index (κ2) is 7.75. The van der Waals surface area contributed by atoms with Crippen molar-refractivity contribution in [1.29, 1.82) is 0 Å². The number of nitrogens with two attached hydrogens (primary N) is 1. The summed E-state index contributed by atoms with van der Waals surface area (Å²) < 4.78 is 7.53. The molecule has 7 heteroatoms. The molecular formula is C21H27N5O2. The van der Waals surface area contributed by atoms with Crippen LogP contribution in [0.2, 0.25) is 0 Å². The Morgan fingerprint density at radius 1 is 1.32 bits per heavy atom. The van der Waals surface area contributed by atoms with E-state index in [0.29, 0.717) is 41.6 Å². The number of fused-ring (bicyclic) bond motifs is 2. The molecule has 0 radical (unpaired) electrons. The molecule has 1 atom stereocenters. The first-order valence-electron chi connectivity index (χ1n) is 9.99. The summed E-state index contributed by atoms with van der Waals surface area (Å²) >= 11 is 0. The van der Waals surface area contributed by atoms with E-state index in [9.17, 15) is 4.79 Å². The summed E-state index contributed by atoms with van der Waals surface area (Å²) in [6.45, 7) is 6.27. The van der Waals surface area contributed by atoms with Crippen LogP contribution in [0.1, 0.15) is 43.5 Å². The van der Waals surface area contributed by atoms with Crippen molar-refractivity contribution in [2.45, 2.75) is 45.8 Å². The van der Waals surface area contributed by atoms with Crippen molar-refractivity contribution in [3.63, 3.8) is 0 Å². The van der Waals surface area contributed by atoms with Gasteiger partial charge in [0.1, 0.15) is 16.9 Å². The minimum Gasteiger partial charge on any atom is -0.384 e. The molecule has 0 aliphatic carbocycles. The molecule has 3 N–H and O–H groups in total. The maximum absolute atomic E-state index is 13.0. The third kappa shape index (κ3) is 3.54. The number of aryl methyl sites for hydroxylation is 1. The Balaban J connectivity index is 1.75. The summed E-state index contributed by atoms with van der Waals surface area (Å²) in [7, 11) is 0. The zero-order valence-corrected chi connectivity index (χ0v) is 16.4. The van der Waals surface area contributed by atoms with E-state index in [2.05, 4.69) is 19.2 Å². The van der Waals surface area contributed by atoms with Crippen LogP contribution in [0.4, 0.5) is 5.82 Å². The fourth-order valence-electron chi connectivity index (χ4n) is 3.65. The van der Waals surface area contributed by atoms with E-state index < -0.39 is 0 Å². The standard InChI is InChI=1S/C21H27N5O2/c1-13(2)9-10-26-19(22)17(21(27)23-12-14-6-5-11-28-14)18-20(26)25-16-8-4-3-7-15(16)24-18/h3-4,7-8,13-14H,5-6,9-12,22H2,1-2H3,(H,23,27)/t14-/m0/s1. The minimum atomic E-state index is -0.217. The van der Waals surface area contributed by atoms with Gasteiger partial charge in [0.2, 0.25) is 0 Å². The molecular weight excluding hydrogens is 354 g/mol. The second-order valence-electron chi connectivity index (χ2n) is 7.82. The zero-order chi connectivity index (χ0) is 19.7. The van der Waals surface area contributed by atoms with Crippen LogP contribution in [-0.2, 0) is 11.3 Å². The average Bonchev–Trinajstić information content (AvgIpc) is 3.28. The number of hydrogen-bond acceptors (Lipinski definition) is 5. The summed E-state index contributed by atoms with van der Waals surface area (Å²) in [4.78, 5) is 22.5. The smallest absolute Gasteiger partial charge is 0.257 e. The minimum absolute atomic E-state index is 0.0754. The van der Waals surface area contributed by atoms with Gasteiger partial charge >= 0.3 is 0 Å². The zero-order valence-electron chi connectivity index (χ0n) is 16.4. The number of nitrogens with zero attached hydrogens (tertiary/aromatic N) is 3. The molecule has 1 fully saturated rings. The Labute approximate surface area is 164 Å². The van der Waals surface area contributed by atoms with Crippen LogP contribution < -0.4 is 11.1 Å². The molecule has 7 nitrogen and oxygen atoms in total. The molecule has 1 aromatic carbocycles. The first-order chi connectivity index (χ1) is 13.5. The van der Waals surface area contributed by atoms with Crippen LogP contribution in [0.3, 0.4) is 0 Å². The van der Waals surface area contributed by atoms with E-state index in [1.165, 1.54) is 0 Å². The molecule has 1 saturated heterocycles. The number of rotatable bonds is 6. The van der Waals surface area contributed by atoms with E-state index in [1.54, 1.807) is 0 Å². The fraction of sp³-hybridized carbons (Fsp3) is 0.476. The van der Waals surface area contributed by atoms with Crippen molar-refractivity contribution in [3.8, 4) is 0 Å². The number of hydrogen-bond donors (Lipinski definition) is 2. The highest BCUT2D eigenvalue weighted by molar-refractivity contribution is 6.10. The fourth-order valence-corrected chi connectivity index (χ4v) is 3.65. The first kappa shape index (κ1) is 18.7. The third-order valence-electron chi connectivity index (χ3n) is 5.26. The van der Waals surface area contributed by atoms with Gasteiger partial charge in [0.25, 0.3) is 5.91 Å². The summed E-state index contributed by atoms with van der Waals surface area (Å²) in [5, 5.41) is 2.98. The van der Waals surface area contributed by atoms with Crippen molar-refractivity contribution in [2.24, 2.45) is 5.92 Å². The lowest BCUT2D eigenvalue weighted by Crippen LogP contribution is -2.32. The number of anilines is 1.